The normalized spacial score (nSPS) is 15.8. The summed E-state index contributed by atoms with van der Waals surface area (Å²) < 4.78 is 31.1. The van der Waals surface area contributed by atoms with Crippen molar-refractivity contribution >= 4 is 0 Å². The van der Waals surface area contributed by atoms with E-state index in [0.29, 0.717) is 31.0 Å². The Morgan fingerprint density at radius 3 is 3.00 bits per heavy atom. The maximum absolute atomic E-state index is 13.2. The van der Waals surface area contributed by atoms with Crippen LogP contribution in [0.5, 0.6) is 5.75 Å². The number of halogens is 2. The summed E-state index contributed by atoms with van der Waals surface area (Å²) in [6, 6.07) is 2.08. The van der Waals surface area contributed by atoms with Crippen LogP contribution in [0.3, 0.4) is 0 Å². The second kappa shape index (κ2) is 3.30. The first-order valence-electron chi connectivity index (χ1n) is 4.09. The Morgan fingerprint density at radius 1 is 1.31 bits per heavy atom. The summed E-state index contributed by atoms with van der Waals surface area (Å²) in [5.41, 5.74) is 0.402. The SMILES string of the molecule is Fc1cc(F)c2c(c1)OCCNC2. The number of hydrogen-bond donors (Lipinski definition) is 1. The van der Waals surface area contributed by atoms with Crippen LogP contribution in [0.15, 0.2) is 12.1 Å². The zero-order valence-electron chi connectivity index (χ0n) is 6.94. The van der Waals surface area contributed by atoms with Crippen molar-refractivity contribution in [1.82, 2.24) is 5.32 Å². The van der Waals surface area contributed by atoms with E-state index in [-0.39, 0.29) is 0 Å². The Balaban J connectivity index is 2.47. The molecule has 2 rings (SSSR count). The van der Waals surface area contributed by atoms with Crippen LogP contribution >= 0.6 is 0 Å². The second-order valence-corrected chi connectivity index (χ2v) is 2.89. The highest BCUT2D eigenvalue weighted by Gasteiger charge is 2.14. The maximum atomic E-state index is 13.2. The van der Waals surface area contributed by atoms with Crippen LogP contribution in [0.25, 0.3) is 0 Å². The summed E-state index contributed by atoms with van der Waals surface area (Å²) in [5.74, 6) is -0.843. The van der Waals surface area contributed by atoms with E-state index >= 15 is 0 Å². The lowest BCUT2D eigenvalue weighted by molar-refractivity contribution is 0.323. The predicted molar refractivity (Wildman–Crippen MR) is 43.6 cm³/mol. The molecule has 1 aliphatic heterocycles. The van der Waals surface area contributed by atoms with Gasteiger partial charge in [-0.3, -0.25) is 0 Å². The second-order valence-electron chi connectivity index (χ2n) is 2.89. The third-order valence-electron chi connectivity index (χ3n) is 1.96. The fourth-order valence-corrected chi connectivity index (χ4v) is 1.33. The third kappa shape index (κ3) is 1.62. The Labute approximate surface area is 74.5 Å². The number of fused-ring (bicyclic) bond motifs is 1. The van der Waals surface area contributed by atoms with Gasteiger partial charge in [0.25, 0.3) is 0 Å². The molecule has 4 heteroatoms. The van der Waals surface area contributed by atoms with Gasteiger partial charge in [-0.25, -0.2) is 8.78 Å². The molecule has 0 fully saturated rings. The van der Waals surface area contributed by atoms with Gasteiger partial charge in [-0.1, -0.05) is 0 Å². The molecule has 0 aromatic heterocycles. The Kier molecular flexibility index (Phi) is 2.14. The average molecular weight is 185 g/mol. The highest BCUT2D eigenvalue weighted by Crippen LogP contribution is 2.24. The average Bonchev–Trinajstić information content (AvgIpc) is 2.28. The van der Waals surface area contributed by atoms with Crippen molar-refractivity contribution in [1.29, 1.82) is 0 Å². The number of hydrogen-bond acceptors (Lipinski definition) is 2. The van der Waals surface area contributed by atoms with Crippen LogP contribution in [-0.2, 0) is 6.54 Å². The summed E-state index contributed by atoms with van der Waals surface area (Å²) in [6.45, 7) is 1.48. The van der Waals surface area contributed by atoms with Gasteiger partial charge in [0.2, 0.25) is 0 Å². The van der Waals surface area contributed by atoms with E-state index in [1.807, 2.05) is 0 Å². The Morgan fingerprint density at radius 2 is 2.15 bits per heavy atom. The van der Waals surface area contributed by atoms with Gasteiger partial charge >= 0.3 is 0 Å². The van der Waals surface area contributed by atoms with E-state index < -0.39 is 11.6 Å². The molecule has 1 N–H and O–H groups in total. The standard InChI is InChI=1S/C9H9F2NO/c10-6-3-8(11)7-5-12-1-2-13-9(7)4-6/h3-4,12H,1-2,5H2. The van der Waals surface area contributed by atoms with Crippen molar-refractivity contribution in [3.05, 3.63) is 29.3 Å². The Hall–Kier alpha value is -1.16. The molecule has 0 bridgehead atoms. The van der Waals surface area contributed by atoms with Crippen molar-refractivity contribution in [3.63, 3.8) is 0 Å². The molecule has 2 nitrogen and oxygen atoms in total. The molecule has 1 heterocycles. The molecule has 0 unspecified atom stereocenters. The molecule has 1 aliphatic rings. The predicted octanol–water partition coefficient (Wildman–Crippen LogP) is 1.45. The number of ether oxygens (including phenoxy) is 1. The van der Waals surface area contributed by atoms with Gasteiger partial charge in [0, 0.05) is 30.8 Å². The van der Waals surface area contributed by atoms with Crippen LogP contribution in [0.2, 0.25) is 0 Å². The molecule has 0 aliphatic carbocycles. The van der Waals surface area contributed by atoms with E-state index in [4.69, 9.17) is 4.74 Å². The van der Waals surface area contributed by atoms with E-state index in [1.165, 1.54) is 6.07 Å². The molecule has 0 saturated carbocycles. The molecule has 0 saturated heterocycles. The Bertz CT molecular complexity index is 328. The van der Waals surface area contributed by atoms with Crippen LogP contribution in [0.4, 0.5) is 8.78 Å². The molecule has 0 amide bonds. The molecular formula is C9H9F2NO. The molecule has 1 aromatic rings. The molecular weight excluding hydrogens is 176 g/mol. The highest BCUT2D eigenvalue weighted by molar-refractivity contribution is 5.35. The van der Waals surface area contributed by atoms with Crippen molar-refractivity contribution in [2.45, 2.75) is 6.54 Å². The minimum atomic E-state index is -0.599. The fourth-order valence-electron chi connectivity index (χ4n) is 1.33. The van der Waals surface area contributed by atoms with E-state index in [9.17, 15) is 8.78 Å². The topological polar surface area (TPSA) is 21.3 Å². The lowest BCUT2D eigenvalue weighted by Crippen LogP contribution is -2.16. The van der Waals surface area contributed by atoms with Crippen molar-refractivity contribution in [2.24, 2.45) is 0 Å². The molecule has 0 radical (unpaired) electrons. The zero-order chi connectivity index (χ0) is 9.26. The van der Waals surface area contributed by atoms with Crippen molar-refractivity contribution in [3.8, 4) is 5.75 Å². The maximum Gasteiger partial charge on any atom is 0.134 e. The summed E-state index contributed by atoms with van der Waals surface area (Å²) >= 11 is 0. The minimum absolute atomic E-state index is 0.308. The largest absolute Gasteiger partial charge is 0.492 e. The van der Waals surface area contributed by atoms with Gasteiger partial charge in [-0.05, 0) is 0 Å². The summed E-state index contributed by atoms with van der Waals surface area (Å²) in [6.07, 6.45) is 0. The molecule has 0 spiro atoms. The van der Waals surface area contributed by atoms with Gasteiger partial charge < -0.3 is 10.1 Å². The molecule has 0 atom stereocenters. The summed E-state index contributed by atoms with van der Waals surface area (Å²) in [4.78, 5) is 0. The van der Waals surface area contributed by atoms with Gasteiger partial charge in [0.1, 0.15) is 24.0 Å². The smallest absolute Gasteiger partial charge is 0.134 e. The quantitative estimate of drug-likeness (QED) is 0.660. The van der Waals surface area contributed by atoms with Crippen LogP contribution in [0.1, 0.15) is 5.56 Å². The lowest BCUT2D eigenvalue weighted by Gasteiger charge is -2.06. The highest BCUT2D eigenvalue weighted by atomic mass is 19.1. The molecule has 70 valence electrons. The number of rotatable bonds is 0. The first kappa shape index (κ1) is 8.44. The van der Waals surface area contributed by atoms with Crippen LogP contribution in [-0.4, -0.2) is 13.2 Å². The monoisotopic (exact) mass is 185 g/mol. The van der Waals surface area contributed by atoms with Crippen LogP contribution in [0, 0.1) is 11.6 Å². The summed E-state index contributed by atoms with van der Waals surface area (Å²) in [5, 5.41) is 2.98. The zero-order valence-corrected chi connectivity index (χ0v) is 6.94. The third-order valence-corrected chi connectivity index (χ3v) is 1.96. The lowest BCUT2D eigenvalue weighted by atomic mass is 10.2. The van der Waals surface area contributed by atoms with Crippen LogP contribution < -0.4 is 10.1 Å². The van der Waals surface area contributed by atoms with E-state index in [0.717, 1.165) is 6.07 Å². The van der Waals surface area contributed by atoms with Gasteiger partial charge in [0.05, 0.1) is 0 Å². The van der Waals surface area contributed by atoms with E-state index in [1.54, 1.807) is 0 Å². The van der Waals surface area contributed by atoms with Gasteiger partial charge in [-0.15, -0.1) is 0 Å². The number of benzene rings is 1. The number of nitrogens with one attached hydrogen (secondary N) is 1. The van der Waals surface area contributed by atoms with Crippen molar-refractivity contribution < 1.29 is 13.5 Å². The fraction of sp³-hybridized carbons (Fsp3) is 0.333. The van der Waals surface area contributed by atoms with Gasteiger partial charge in [0.15, 0.2) is 0 Å². The molecule has 1 aromatic carbocycles. The molecule has 13 heavy (non-hydrogen) atoms. The summed E-state index contributed by atoms with van der Waals surface area (Å²) in [7, 11) is 0. The van der Waals surface area contributed by atoms with Gasteiger partial charge in [-0.2, -0.15) is 0 Å². The van der Waals surface area contributed by atoms with E-state index in [2.05, 4.69) is 5.32 Å². The first-order chi connectivity index (χ1) is 6.27. The minimum Gasteiger partial charge on any atom is -0.492 e. The first-order valence-corrected chi connectivity index (χ1v) is 4.09. The van der Waals surface area contributed by atoms with Crippen molar-refractivity contribution in [2.75, 3.05) is 13.2 Å².